The second-order valence-electron chi connectivity index (χ2n) is 4.19. The van der Waals surface area contributed by atoms with Crippen molar-refractivity contribution in [3.63, 3.8) is 0 Å². The number of nitrogens with two attached hydrogens (primary N) is 1. The number of rotatable bonds is 8. The molecule has 0 unspecified atom stereocenters. The largest absolute Gasteiger partial charge is 0.338 e. The van der Waals surface area contributed by atoms with Crippen LogP contribution in [0.2, 0.25) is 0 Å². The second kappa shape index (κ2) is 9.00. The van der Waals surface area contributed by atoms with Crippen LogP contribution in [0, 0.1) is 0 Å². The number of carbonyl (C=O) groups excluding carboxylic acids is 1. The van der Waals surface area contributed by atoms with E-state index in [0.717, 1.165) is 18.7 Å². The molecule has 4 heteroatoms. The molecule has 1 rings (SSSR count). The first kappa shape index (κ1) is 15.1. The molecule has 1 aromatic rings. The number of benzene rings is 1. The van der Waals surface area contributed by atoms with Gasteiger partial charge in [0, 0.05) is 25.3 Å². The quantitative estimate of drug-likeness (QED) is 0.784. The van der Waals surface area contributed by atoms with Gasteiger partial charge in [-0.15, -0.1) is 0 Å². The number of hydrogen-bond acceptors (Lipinski definition) is 3. The van der Waals surface area contributed by atoms with E-state index in [1.807, 2.05) is 29.4 Å². The van der Waals surface area contributed by atoms with E-state index in [9.17, 15) is 4.79 Å². The lowest BCUT2D eigenvalue weighted by molar-refractivity contribution is -0.131. The van der Waals surface area contributed by atoms with Crippen LogP contribution in [-0.2, 0) is 11.3 Å². The molecule has 1 amide bonds. The Morgan fingerprint density at radius 3 is 2.67 bits per heavy atom. The Labute approximate surface area is 114 Å². The van der Waals surface area contributed by atoms with Crippen LogP contribution in [0.15, 0.2) is 30.3 Å². The van der Waals surface area contributed by atoms with Gasteiger partial charge in [0.25, 0.3) is 0 Å². The van der Waals surface area contributed by atoms with E-state index in [2.05, 4.69) is 12.1 Å². The summed E-state index contributed by atoms with van der Waals surface area (Å²) in [4.78, 5) is 14.0. The van der Waals surface area contributed by atoms with Crippen LogP contribution in [0.3, 0.4) is 0 Å². The summed E-state index contributed by atoms with van der Waals surface area (Å²) < 4.78 is 0. The minimum absolute atomic E-state index is 0.224. The van der Waals surface area contributed by atoms with E-state index in [-0.39, 0.29) is 5.91 Å². The summed E-state index contributed by atoms with van der Waals surface area (Å²) in [5.74, 6) is 1.11. The van der Waals surface area contributed by atoms with Gasteiger partial charge < -0.3 is 10.6 Å². The minimum Gasteiger partial charge on any atom is -0.338 e. The lowest BCUT2D eigenvalue weighted by Gasteiger charge is -2.22. The fourth-order valence-electron chi connectivity index (χ4n) is 1.73. The van der Waals surface area contributed by atoms with Crippen LogP contribution in [0.5, 0.6) is 0 Å². The molecule has 0 aliphatic carbocycles. The predicted octanol–water partition coefficient (Wildman–Crippen LogP) is 2.12. The maximum Gasteiger partial charge on any atom is 0.223 e. The summed E-state index contributed by atoms with van der Waals surface area (Å²) in [5, 5.41) is 0. The van der Waals surface area contributed by atoms with Gasteiger partial charge in [-0.05, 0) is 24.8 Å². The maximum atomic E-state index is 12.1. The highest BCUT2D eigenvalue weighted by Gasteiger charge is 2.12. The van der Waals surface area contributed by atoms with E-state index >= 15 is 0 Å². The maximum absolute atomic E-state index is 12.1. The van der Waals surface area contributed by atoms with Crippen molar-refractivity contribution in [2.45, 2.75) is 19.4 Å². The van der Waals surface area contributed by atoms with Crippen molar-refractivity contribution in [3.8, 4) is 0 Å². The first-order chi connectivity index (χ1) is 8.77. The smallest absolute Gasteiger partial charge is 0.223 e. The Morgan fingerprint density at radius 1 is 1.33 bits per heavy atom. The van der Waals surface area contributed by atoms with Crippen molar-refractivity contribution in [1.29, 1.82) is 0 Å². The van der Waals surface area contributed by atoms with Crippen molar-refractivity contribution in [2.75, 3.05) is 25.1 Å². The zero-order valence-electron chi connectivity index (χ0n) is 11.0. The first-order valence-corrected chi connectivity index (χ1v) is 7.68. The highest BCUT2D eigenvalue weighted by Crippen LogP contribution is 2.08. The molecule has 0 aliphatic heterocycles. The van der Waals surface area contributed by atoms with E-state index in [1.54, 1.807) is 11.8 Å². The fraction of sp³-hybridized carbons (Fsp3) is 0.500. The van der Waals surface area contributed by atoms with Crippen LogP contribution in [0.25, 0.3) is 0 Å². The Kier molecular flexibility index (Phi) is 7.53. The van der Waals surface area contributed by atoms with Gasteiger partial charge in [0.2, 0.25) is 5.91 Å². The molecule has 0 heterocycles. The highest BCUT2D eigenvalue weighted by molar-refractivity contribution is 7.98. The topological polar surface area (TPSA) is 46.3 Å². The molecule has 0 bridgehead atoms. The molecule has 0 aliphatic rings. The molecule has 0 saturated carbocycles. The average molecular weight is 266 g/mol. The lowest BCUT2D eigenvalue weighted by Crippen LogP contribution is -2.32. The molecule has 0 aromatic heterocycles. The monoisotopic (exact) mass is 266 g/mol. The second-order valence-corrected chi connectivity index (χ2v) is 5.17. The molecular formula is C14H22N2OS. The minimum atomic E-state index is 0.224. The van der Waals surface area contributed by atoms with Crippen molar-refractivity contribution in [1.82, 2.24) is 4.90 Å². The van der Waals surface area contributed by atoms with E-state index < -0.39 is 0 Å². The van der Waals surface area contributed by atoms with Gasteiger partial charge in [0.15, 0.2) is 0 Å². The van der Waals surface area contributed by atoms with Gasteiger partial charge in [0.1, 0.15) is 0 Å². The number of hydrogen-bond donors (Lipinski definition) is 1. The van der Waals surface area contributed by atoms with Crippen molar-refractivity contribution < 1.29 is 4.79 Å². The molecule has 0 radical (unpaired) electrons. The molecule has 3 nitrogen and oxygen atoms in total. The molecule has 0 spiro atoms. The van der Waals surface area contributed by atoms with Crippen LogP contribution < -0.4 is 5.73 Å². The first-order valence-electron chi connectivity index (χ1n) is 6.28. The van der Waals surface area contributed by atoms with Gasteiger partial charge in [0.05, 0.1) is 0 Å². The molecule has 1 aromatic carbocycles. The molecule has 2 N–H and O–H groups in total. The molecular weight excluding hydrogens is 244 g/mol. The Bertz CT molecular complexity index is 343. The Balaban J connectivity index is 2.57. The molecule has 0 fully saturated rings. The van der Waals surface area contributed by atoms with E-state index in [1.165, 1.54) is 5.56 Å². The number of thioether (sulfide) groups is 1. The summed E-state index contributed by atoms with van der Waals surface area (Å²) in [5.41, 5.74) is 6.70. The number of carbonyl (C=O) groups is 1. The number of nitrogens with zero attached hydrogens (tertiary/aromatic N) is 1. The average Bonchev–Trinajstić information content (AvgIpc) is 2.42. The summed E-state index contributed by atoms with van der Waals surface area (Å²) in [6.07, 6.45) is 3.49. The zero-order valence-corrected chi connectivity index (χ0v) is 11.8. The van der Waals surface area contributed by atoms with Gasteiger partial charge >= 0.3 is 0 Å². The summed E-state index contributed by atoms with van der Waals surface area (Å²) in [6.45, 7) is 2.06. The third-order valence-corrected chi connectivity index (χ3v) is 3.33. The lowest BCUT2D eigenvalue weighted by atomic mass is 10.2. The predicted molar refractivity (Wildman–Crippen MR) is 78.5 cm³/mol. The van der Waals surface area contributed by atoms with E-state index in [0.29, 0.717) is 19.5 Å². The normalized spacial score (nSPS) is 10.3. The SMILES string of the molecule is CSCCC(=O)N(CCCN)Cc1ccccc1. The zero-order chi connectivity index (χ0) is 13.2. The van der Waals surface area contributed by atoms with E-state index in [4.69, 9.17) is 5.73 Å². The highest BCUT2D eigenvalue weighted by atomic mass is 32.2. The summed E-state index contributed by atoms with van der Waals surface area (Å²) in [6, 6.07) is 10.1. The third kappa shape index (κ3) is 5.56. The van der Waals surface area contributed by atoms with Crippen LogP contribution in [0.4, 0.5) is 0 Å². The van der Waals surface area contributed by atoms with Crippen LogP contribution in [-0.4, -0.2) is 35.9 Å². The third-order valence-electron chi connectivity index (χ3n) is 2.72. The summed E-state index contributed by atoms with van der Waals surface area (Å²) >= 11 is 1.71. The Hall–Kier alpha value is -1.00. The molecule has 100 valence electrons. The van der Waals surface area contributed by atoms with Gasteiger partial charge in [-0.25, -0.2) is 0 Å². The molecule has 0 saturated heterocycles. The van der Waals surface area contributed by atoms with Gasteiger partial charge in [-0.3, -0.25) is 4.79 Å². The van der Waals surface area contributed by atoms with Crippen molar-refractivity contribution in [2.24, 2.45) is 5.73 Å². The fourth-order valence-corrected chi connectivity index (χ4v) is 2.10. The van der Waals surface area contributed by atoms with Crippen molar-refractivity contribution >= 4 is 17.7 Å². The van der Waals surface area contributed by atoms with Crippen LogP contribution in [0.1, 0.15) is 18.4 Å². The van der Waals surface area contributed by atoms with Crippen molar-refractivity contribution in [3.05, 3.63) is 35.9 Å². The Morgan fingerprint density at radius 2 is 2.06 bits per heavy atom. The molecule has 18 heavy (non-hydrogen) atoms. The molecule has 0 atom stereocenters. The summed E-state index contributed by atoms with van der Waals surface area (Å²) in [7, 11) is 0. The van der Waals surface area contributed by atoms with Crippen LogP contribution >= 0.6 is 11.8 Å². The van der Waals surface area contributed by atoms with Gasteiger partial charge in [-0.2, -0.15) is 11.8 Å². The van der Waals surface area contributed by atoms with Gasteiger partial charge in [-0.1, -0.05) is 30.3 Å². The standard InChI is InChI=1S/C14H22N2OS/c1-18-11-8-14(17)16(10-5-9-15)12-13-6-3-2-4-7-13/h2-4,6-7H,5,8-12,15H2,1H3. The number of amides is 1.